The fourth-order valence-electron chi connectivity index (χ4n) is 2.30. The van der Waals surface area contributed by atoms with Crippen LogP contribution in [0.5, 0.6) is 0 Å². The highest BCUT2D eigenvalue weighted by atomic mass is 14.9. The van der Waals surface area contributed by atoms with Crippen LogP contribution in [0.2, 0.25) is 0 Å². The molecule has 1 saturated carbocycles. The summed E-state index contributed by atoms with van der Waals surface area (Å²) in [4.78, 5) is 9.15. The van der Waals surface area contributed by atoms with Gasteiger partial charge in [-0.25, -0.2) is 9.97 Å². The topological polar surface area (TPSA) is 51.8 Å². The highest BCUT2D eigenvalue weighted by molar-refractivity contribution is 5.24. The molecule has 15 heavy (non-hydrogen) atoms. The van der Waals surface area contributed by atoms with Gasteiger partial charge in [-0.05, 0) is 32.1 Å². The summed E-state index contributed by atoms with van der Waals surface area (Å²) in [6.07, 6.45) is 9.13. The average Bonchev–Trinajstić information content (AvgIpc) is 3.06. The van der Waals surface area contributed by atoms with Crippen molar-refractivity contribution in [1.82, 2.24) is 9.97 Å². The van der Waals surface area contributed by atoms with E-state index in [2.05, 4.69) is 4.98 Å². The van der Waals surface area contributed by atoms with Crippen LogP contribution in [0.25, 0.3) is 0 Å². The van der Waals surface area contributed by atoms with Gasteiger partial charge in [-0.1, -0.05) is 6.42 Å². The first-order chi connectivity index (χ1) is 7.34. The van der Waals surface area contributed by atoms with Crippen molar-refractivity contribution >= 4 is 0 Å². The number of nitrogens with two attached hydrogens (primary N) is 1. The van der Waals surface area contributed by atoms with Crippen molar-refractivity contribution in [1.29, 1.82) is 0 Å². The van der Waals surface area contributed by atoms with E-state index in [0.717, 1.165) is 18.7 Å². The zero-order valence-electron chi connectivity index (χ0n) is 8.95. The number of hydrogen-bond donors (Lipinski definition) is 1. The predicted octanol–water partition coefficient (Wildman–Crippen LogP) is 2.08. The standard InChI is InChI=1S/C12H17N3/c13-10-3-1-2-4-11-9(10)7-14-12(15-11)8-5-6-8/h7-8,10H,1-6,13H2. The van der Waals surface area contributed by atoms with E-state index in [1.807, 2.05) is 6.20 Å². The summed E-state index contributed by atoms with van der Waals surface area (Å²) in [6, 6.07) is 0.163. The van der Waals surface area contributed by atoms with Crippen molar-refractivity contribution in [3.8, 4) is 0 Å². The molecule has 3 heteroatoms. The normalized spacial score (nSPS) is 25.8. The second-order valence-corrected chi connectivity index (χ2v) is 4.76. The summed E-state index contributed by atoms with van der Waals surface area (Å²) < 4.78 is 0. The van der Waals surface area contributed by atoms with Crippen molar-refractivity contribution < 1.29 is 0 Å². The molecule has 1 heterocycles. The van der Waals surface area contributed by atoms with Crippen molar-refractivity contribution in [2.24, 2.45) is 5.73 Å². The van der Waals surface area contributed by atoms with Gasteiger partial charge in [-0.15, -0.1) is 0 Å². The lowest BCUT2D eigenvalue weighted by atomic mass is 10.1. The Labute approximate surface area is 90.1 Å². The first kappa shape index (κ1) is 9.28. The molecule has 0 spiro atoms. The average molecular weight is 203 g/mol. The van der Waals surface area contributed by atoms with Crippen molar-refractivity contribution in [2.75, 3.05) is 0 Å². The van der Waals surface area contributed by atoms with E-state index in [1.54, 1.807) is 0 Å². The van der Waals surface area contributed by atoms with E-state index in [1.165, 1.54) is 36.9 Å². The quantitative estimate of drug-likeness (QED) is 0.711. The fraction of sp³-hybridized carbons (Fsp3) is 0.667. The third-order valence-corrected chi connectivity index (χ3v) is 3.44. The molecule has 0 radical (unpaired) electrons. The number of aromatic nitrogens is 2. The molecule has 1 atom stereocenters. The molecule has 1 unspecified atom stereocenters. The number of rotatable bonds is 1. The molecule has 2 aliphatic rings. The van der Waals surface area contributed by atoms with Gasteiger partial charge in [0.1, 0.15) is 5.82 Å². The maximum atomic E-state index is 6.11. The Morgan fingerprint density at radius 3 is 2.87 bits per heavy atom. The molecule has 0 aliphatic heterocycles. The summed E-state index contributed by atoms with van der Waals surface area (Å²) in [5.41, 5.74) is 8.52. The smallest absolute Gasteiger partial charge is 0.131 e. The maximum Gasteiger partial charge on any atom is 0.131 e. The molecule has 80 valence electrons. The molecule has 0 bridgehead atoms. The third-order valence-electron chi connectivity index (χ3n) is 3.44. The number of nitrogens with zero attached hydrogens (tertiary/aromatic N) is 2. The molecule has 2 aliphatic carbocycles. The lowest BCUT2D eigenvalue weighted by Gasteiger charge is -2.11. The van der Waals surface area contributed by atoms with Crippen LogP contribution >= 0.6 is 0 Å². The Kier molecular flexibility index (Phi) is 2.20. The van der Waals surface area contributed by atoms with Gasteiger partial charge in [-0.2, -0.15) is 0 Å². The summed E-state index contributed by atoms with van der Waals surface area (Å²) in [5.74, 6) is 1.71. The van der Waals surface area contributed by atoms with Gasteiger partial charge in [0.05, 0.1) is 0 Å². The first-order valence-electron chi connectivity index (χ1n) is 5.96. The zero-order valence-corrected chi connectivity index (χ0v) is 8.95. The van der Waals surface area contributed by atoms with Gasteiger partial charge in [0, 0.05) is 29.4 Å². The van der Waals surface area contributed by atoms with Gasteiger partial charge in [0.25, 0.3) is 0 Å². The summed E-state index contributed by atoms with van der Waals surface area (Å²) in [5, 5.41) is 0. The minimum atomic E-state index is 0.163. The zero-order chi connectivity index (χ0) is 10.3. The van der Waals surface area contributed by atoms with Crippen LogP contribution in [0.15, 0.2) is 6.20 Å². The molecular formula is C12H17N3. The van der Waals surface area contributed by atoms with Crippen molar-refractivity contribution in [3.05, 3.63) is 23.3 Å². The number of fused-ring (bicyclic) bond motifs is 1. The molecule has 0 saturated heterocycles. The lowest BCUT2D eigenvalue weighted by molar-refractivity contribution is 0.614. The van der Waals surface area contributed by atoms with Gasteiger partial charge in [0.15, 0.2) is 0 Å². The Balaban J connectivity index is 1.98. The number of hydrogen-bond acceptors (Lipinski definition) is 3. The summed E-state index contributed by atoms with van der Waals surface area (Å²) in [7, 11) is 0. The molecule has 2 N–H and O–H groups in total. The second kappa shape index (κ2) is 3.56. The van der Waals surface area contributed by atoms with Crippen LogP contribution in [-0.4, -0.2) is 9.97 Å². The molecule has 1 aromatic rings. The number of aryl methyl sites for hydroxylation is 1. The van der Waals surface area contributed by atoms with Gasteiger partial charge >= 0.3 is 0 Å². The van der Waals surface area contributed by atoms with E-state index in [0.29, 0.717) is 5.92 Å². The molecule has 3 rings (SSSR count). The Hall–Kier alpha value is -0.960. The fourth-order valence-corrected chi connectivity index (χ4v) is 2.30. The summed E-state index contributed by atoms with van der Waals surface area (Å²) in [6.45, 7) is 0. The SMILES string of the molecule is NC1CCCCc2nc(C3CC3)ncc21. The van der Waals surface area contributed by atoms with E-state index in [4.69, 9.17) is 10.7 Å². The monoisotopic (exact) mass is 203 g/mol. The molecule has 1 aromatic heterocycles. The van der Waals surface area contributed by atoms with Crippen molar-refractivity contribution in [3.63, 3.8) is 0 Å². The largest absolute Gasteiger partial charge is 0.324 e. The van der Waals surface area contributed by atoms with Crippen LogP contribution in [0.1, 0.15) is 61.1 Å². The Bertz CT molecular complexity index is 371. The van der Waals surface area contributed by atoms with Crippen LogP contribution in [0, 0.1) is 0 Å². The third kappa shape index (κ3) is 1.76. The molecule has 1 fully saturated rings. The highest BCUT2D eigenvalue weighted by Gasteiger charge is 2.28. The van der Waals surface area contributed by atoms with Crippen LogP contribution in [0.4, 0.5) is 0 Å². The summed E-state index contributed by atoms with van der Waals surface area (Å²) >= 11 is 0. The van der Waals surface area contributed by atoms with E-state index >= 15 is 0 Å². The van der Waals surface area contributed by atoms with Gasteiger partial charge < -0.3 is 5.73 Å². The lowest BCUT2D eigenvalue weighted by Crippen LogP contribution is -2.13. The first-order valence-corrected chi connectivity index (χ1v) is 5.96. The van der Waals surface area contributed by atoms with E-state index in [-0.39, 0.29) is 6.04 Å². The predicted molar refractivity (Wildman–Crippen MR) is 58.5 cm³/mol. The second-order valence-electron chi connectivity index (χ2n) is 4.76. The van der Waals surface area contributed by atoms with Crippen molar-refractivity contribution in [2.45, 2.75) is 50.5 Å². The van der Waals surface area contributed by atoms with Crippen LogP contribution in [0.3, 0.4) is 0 Å². The highest BCUT2D eigenvalue weighted by Crippen LogP contribution is 2.38. The Morgan fingerprint density at radius 2 is 2.07 bits per heavy atom. The minimum Gasteiger partial charge on any atom is -0.324 e. The molecular weight excluding hydrogens is 186 g/mol. The maximum absolute atomic E-state index is 6.11. The minimum absolute atomic E-state index is 0.163. The molecule has 0 amide bonds. The van der Waals surface area contributed by atoms with E-state index < -0.39 is 0 Å². The molecule has 3 nitrogen and oxygen atoms in total. The molecule has 0 aromatic carbocycles. The van der Waals surface area contributed by atoms with Crippen LogP contribution < -0.4 is 5.73 Å². The van der Waals surface area contributed by atoms with Gasteiger partial charge in [0.2, 0.25) is 0 Å². The van der Waals surface area contributed by atoms with Gasteiger partial charge in [-0.3, -0.25) is 0 Å². The van der Waals surface area contributed by atoms with E-state index in [9.17, 15) is 0 Å². The Morgan fingerprint density at radius 1 is 1.20 bits per heavy atom. The van der Waals surface area contributed by atoms with Crippen LogP contribution in [-0.2, 0) is 6.42 Å².